The molecule has 0 bridgehead atoms. The molecule has 0 fully saturated rings. The molecule has 0 spiro atoms. The maximum atomic E-state index is 4.13. The SMILES string of the molecule is CCCCCC(C)Nc1cnnc2ccccc12. The molecule has 3 heteroatoms. The minimum Gasteiger partial charge on any atom is -0.381 e. The second-order valence-corrected chi connectivity index (χ2v) is 4.82. The molecule has 18 heavy (non-hydrogen) atoms. The van der Waals surface area contributed by atoms with Crippen LogP contribution in [0.3, 0.4) is 0 Å². The van der Waals surface area contributed by atoms with E-state index < -0.39 is 0 Å². The largest absolute Gasteiger partial charge is 0.381 e. The van der Waals surface area contributed by atoms with E-state index >= 15 is 0 Å². The van der Waals surface area contributed by atoms with Gasteiger partial charge in [-0.1, -0.05) is 44.4 Å². The summed E-state index contributed by atoms with van der Waals surface area (Å²) in [7, 11) is 0. The fourth-order valence-corrected chi connectivity index (χ4v) is 2.16. The van der Waals surface area contributed by atoms with Crippen LogP contribution in [0.4, 0.5) is 5.69 Å². The second kappa shape index (κ2) is 6.34. The summed E-state index contributed by atoms with van der Waals surface area (Å²) in [5.41, 5.74) is 2.04. The fraction of sp³-hybridized carbons (Fsp3) is 0.467. The van der Waals surface area contributed by atoms with Crippen molar-refractivity contribution in [2.75, 3.05) is 5.32 Å². The molecular weight excluding hydrogens is 222 g/mol. The van der Waals surface area contributed by atoms with Crippen LogP contribution in [0.15, 0.2) is 30.5 Å². The molecule has 1 heterocycles. The normalized spacial score (nSPS) is 12.6. The molecule has 2 rings (SSSR count). The summed E-state index contributed by atoms with van der Waals surface area (Å²) >= 11 is 0. The zero-order chi connectivity index (χ0) is 12.8. The van der Waals surface area contributed by atoms with Gasteiger partial charge in [-0.3, -0.25) is 0 Å². The summed E-state index contributed by atoms with van der Waals surface area (Å²) in [5.74, 6) is 0. The number of benzene rings is 1. The molecule has 1 aromatic carbocycles. The highest BCUT2D eigenvalue weighted by Crippen LogP contribution is 2.21. The smallest absolute Gasteiger partial charge is 0.0950 e. The van der Waals surface area contributed by atoms with Gasteiger partial charge in [-0.25, -0.2) is 0 Å². The Labute approximate surface area is 109 Å². The van der Waals surface area contributed by atoms with Gasteiger partial charge in [-0.05, 0) is 19.4 Å². The van der Waals surface area contributed by atoms with Crippen molar-refractivity contribution in [2.45, 2.75) is 45.6 Å². The van der Waals surface area contributed by atoms with Crippen LogP contribution in [0, 0.1) is 0 Å². The summed E-state index contributed by atoms with van der Waals surface area (Å²) < 4.78 is 0. The van der Waals surface area contributed by atoms with Gasteiger partial charge in [-0.15, -0.1) is 0 Å². The van der Waals surface area contributed by atoms with E-state index in [9.17, 15) is 0 Å². The van der Waals surface area contributed by atoms with Gasteiger partial charge < -0.3 is 5.32 Å². The average Bonchev–Trinajstić information content (AvgIpc) is 2.39. The van der Waals surface area contributed by atoms with Crippen molar-refractivity contribution in [3.05, 3.63) is 30.5 Å². The summed E-state index contributed by atoms with van der Waals surface area (Å²) in [5, 5.41) is 12.9. The van der Waals surface area contributed by atoms with E-state index in [-0.39, 0.29) is 0 Å². The van der Waals surface area contributed by atoms with Gasteiger partial charge in [0.15, 0.2) is 0 Å². The van der Waals surface area contributed by atoms with E-state index in [1.807, 2.05) is 24.4 Å². The molecule has 0 aliphatic rings. The summed E-state index contributed by atoms with van der Waals surface area (Å²) in [4.78, 5) is 0. The Hall–Kier alpha value is -1.64. The molecule has 0 amide bonds. The number of unbranched alkanes of at least 4 members (excludes halogenated alkanes) is 2. The van der Waals surface area contributed by atoms with Gasteiger partial charge in [-0.2, -0.15) is 10.2 Å². The number of nitrogens with one attached hydrogen (secondary N) is 1. The van der Waals surface area contributed by atoms with Crippen LogP contribution in [-0.2, 0) is 0 Å². The minimum atomic E-state index is 0.476. The van der Waals surface area contributed by atoms with Gasteiger partial charge in [0.1, 0.15) is 0 Å². The van der Waals surface area contributed by atoms with Crippen molar-refractivity contribution < 1.29 is 0 Å². The number of anilines is 1. The Kier molecular flexibility index (Phi) is 4.51. The van der Waals surface area contributed by atoms with Crippen LogP contribution >= 0.6 is 0 Å². The van der Waals surface area contributed by atoms with Crippen molar-refractivity contribution in [1.29, 1.82) is 0 Å². The number of hydrogen-bond acceptors (Lipinski definition) is 3. The van der Waals surface area contributed by atoms with Gasteiger partial charge in [0.05, 0.1) is 17.4 Å². The fourth-order valence-electron chi connectivity index (χ4n) is 2.16. The molecule has 0 saturated heterocycles. The van der Waals surface area contributed by atoms with Crippen LogP contribution in [0.2, 0.25) is 0 Å². The third-order valence-corrected chi connectivity index (χ3v) is 3.19. The lowest BCUT2D eigenvalue weighted by Crippen LogP contribution is -2.15. The maximum Gasteiger partial charge on any atom is 0.0950 e. The molecule has 1 atom stereocenters. The molecule has 3 nitrogen and oxygen atoms in total. The first-order chi connectivity index (χ1) is 8.81. The Morgan fingerprint density at radius 3 is 2.89 bits per heavy atom. The number of nitrogens with zero attached hydrogens (tertiary/aromatic N) is 2. The Bertz CT molecular complexity index is 491. The second-order valence-electron chi connectivity index (χ2n) is 4.82. The molecule has 0 aliphatic carbocycles. The third-order valence-electron chi connectivity index (χ3n) is 3.19. The number of fused-ring (bicyclic) bond motifs is 1. The molecule has 1 unspecified atom stereocenters. The lowest BCUT2D eigenvalue weighted by atomic mass is 10.1. The van der Waals surface area contributed by atoms with Crippen LogP contribution in [-0.4, -0.2) is 16.2 Å². The minimum absolute atomic E-state index is 0.476. The van der Waals surface area contributed by atoms with E-state index in [0.29, 0.717) is 6.04 Å². The maximum absolute atomic E-state index is 4.13. The van der Waals surface area contributed by atoms with E-state index in [0.717, 1.165) is 16.6 Å². The van der Waals surface area contributed by atoms with Crippen molar-refractivity contribution in [3.8, 4) is 0 Å². The number of hydrogen-bond donors (Lipinski definition) is 1. The summed E-state index contributed by atoms with van der Waals surface area (Å²) in [6.07, 6.45) is 6.87. The topological polar surface area (TPSA) is 37.8 Å². The number of rotatable bonds is 6. The standard InChI is InChI=1S/C15H21N3/c1-3-4-5-8-12(2)17-15-11-16-18-14-10-7-6-9-13(14)15/h6-7,9-12H,3-5,8H2,1-2H3,(H,17,18). The average molecular weight is 243 g/mol. The quantitative estimate of drug-likeness (QED) is 0.779. The van der Waals surface area contributed by atoms with Crippen molar-refractivity contribution in [3.63, 3.8) is 0 Å². The van der Waals surface area contributed by atoms with Crippen LogP contribution in [0.25, 0.3) is 10.9 Å². The molecule has 96 valence electrons. The molecule has 0 aliphatic heterocycles. The predicted molar refractivity (Wildman–Crippen MR) is 76.8 cm³/mol. The van der Waals surface area contributed by atoms with E-state index in [1.165, 1.54) is 25.7 Å². The highest BCUT2D eigenvalue weighted by Gasteiger charge is 2.06. The Morgan fingerprint density at radius 1 is 1.22 bits per heavy atom. The van der Waals surface area contributed by atoms with Crippen LogP contribution in [0.5, 0.6) is 0 Å². The third kappa shape index (κ3) is 3.19. The van der Waals surface area contributed by atoms with Gasteiger partial charge >= 0.3 is 0 Å². The van der Waals surface area contributed by atoms with E-state index in [1.54, 1.807) is 0 Å². The first-order valence-corrected chi connectivity index (χ1v) is 6.78. The first-order valence-electron chi connectivity index (χ1n) is 6.78. The number of aromatic nitrogens is 2. The van der Waals surface area contributed by atoms with Gasteiger partial charge in [0.2, 0.25) is 0 Å². The highest BCUT2D eigenvalue weighted by molar-refractivity contribution is 5.90. The molecule has 0 radical (unpaired) electrons. The molecule has 1 aromatic heterocycles. The van der Waals surface area contributed by atoms with Crippen molar-refractivity contribution >= 4 is 16.6 Å². The zero-order valence-electron chi connectivity index (χ0n) is 11.2. The molecular formula is C15H21N3. The monoisotopic (exact) mass is 243 g/mol. The lowest BCUT2D eigenvalue weighted by Gasteiger charge is -2.15. The highest BCUT2D eigenvalue weighted by atomic mass is 15.1. The molecule has 0 saturated carbocycles. The van der Waals surface area contributed by atoms with Gasteiger partial charge in [0, 0.05) is 11.4 Å². The molecule has 2 aromatic rings. The first kappa shape index (κ1) is 12.8. The summed E-state index contributed by atoms with van der Waals surface area (Å²) in [6, 6.07) is 8.59. The summed E-state index contributed by atoms with van der Waals surface area (Å²) in [6.45, 7) is 4.46. The van der Waals surface area contributed by atoms with Crippen LogP contribution < -0.4 is 5.32 Å². The Morgan fingerprint density at radius 2 is 2.06 bits per heavy atom. The van der Waals surface area contributed by atoms with E-state index in [2.05, 4.69) is 35.4 Å². The van der Waals surface area contributed by atoms with Crippen LogP contribution in [0.1, 0.15) is 39.5 Å². The van der Waals surface area contributed by atoms with E-state index in [4.69, 9.17) is 0 Å². The Balaban J connectivity index is 2.07. The zero-order valence-corrected chi connectivity index (χ0v) is 11.2. The van der Waals surface area contributed by atoms with Gasteiger partial charge in [0.25, 0.3) is 0 Å². The lowest BCUT2D eigenvalue weighted by molar-refractivity contribution is 0.615. The van der Waals surface area contributed by atoms with Crippen molar-refractivity contribution in [1.82, 2.24) is 10.2 Å². The predicted octanol–water partition coefficient (Wildman–Crippen LogP) is 4.01. The van der Waals surface area contributed by atoms with Crippen molar-refractivity contribution in [2.24, 2.45) is 0 Å². The molecule has 1 N–H and O–H groups in total.